The molecule has 0 aromatic heterocycles. The van der Waals surface area contributed by atoms with Gasteiger partial charge >= 0.3 is 0 Å². The van der Waals surface area contributed by atoms with Crippen molar-refractivity contribution in [2.75, 3.05) is 0 Å². The highest BCUT2D eigenvalue weighted by atomic mass is 79.9. The van der Waals surface area contributed by atoms with Crippen LogP contribution in [0.5, 0.6) is 0 Å². The minimum absolute atomic E-state index is 0.0185. The third-order valence-corrected chi connectivity index (χ3v) is 4.28. The number of carbonyl (C=O) groups is 1. The van der Waals surface area contributed by atoms with E-state index in [-0.39, 0.29) is 5.78 Å². The van der Waals surface area contributed by atoms with Gasteiger partial charge < -0.3 is 0 Å². The molecular formula is C24H36BrNO. The Bertz CT molecular complexity index is 690. The van der Waals surface area contributed by atoms with Gasteiger partial charge in [-0.3, -0.25) is 9.79 Å². The van der Waals surface area contributed by atoms with Gasteiger partial charge in [0.05, 0.1) is 0 Å². The first-order valence-corrected chi connectivity index (χ1v) is 9.95. The van der Waals surface area contributed by atoms with E-state index in [0.717, 1.165) is 5.70 Å². The molecule has 0 fully saturated rings. The second-order valence-corrected chi connectivity index (χ2v) is 7.76. The van der Waals surface area contributed by atoms with Crippen molar-refractivity contribution in [1.82, 2.24) is 0 Å². The molecule has 0 amide bonds. The highest BCUT2D eigenvalue weighted by Gasteiger charge is 2.01. The van der Waals surface area contributed by atoms with Gasteiger partial charge in [0.15, 0.2) is 5.78 Å². The number of rotatable bonds is 4. The van der Waals surface area contributed by atoms with Crippen LogP contribution in [0.1, 0.15) is 72.4 Å². The molecule has 0 aliphatic rings. The van der Waals surface area contributed by atoms with Gasteiger partial charge in [0.25, 0.3) is 0 Å². The summed E-state index contributed by atoms with van der Waals surface area (Å²) in [7, 11) is 0. The van der Waals surface area contributed by atoms with Crippen LogP contribution in [0.4, 0.5) is 0 Å². The Kier molecular flexibility index (Phi) is 15.6. The summed E-state index contributed by atoms with van der Waals surface area (Å²) in [5.74, 6) is 0.646. The smallest absolute Gasteiger partial charge is 0.152 e. The van der Waals surface area contributed by atoms with E-state index in [1.807, 2.05) is 33.1 Å². The van der Waals surface area contributed by atoms with Crippen LogP contribution in [0, 0.1) is 6.92 Å². The molecule has 0 aliphatic carbocycles. The van der Waals surface area contributed by atoms with E-state index in [9.17, 15) is 4.79 Å². The first-order chi connectivity index (χ1) is 12.5. The Morgan fingerprint density at radius 2 is 1.67 bits per heavy atom. The minimum Gasteiger partial charge on any atom is -0.295 e. The second kappa shape index (κ2) is 15.3. The summed E-state index contributed by atoms with van der Waals surface area (Å²) in [6.45, 7) is 21.5. The monoisotopic (exact) mass is 433 g/mol. The SMILES string of the molecule is C/C=C(/C)C=NC(C)=C(C)C.C=CC(C)=O.Cc1cc(Br)ccc1C(C)C. The number of aliphatic imine (C=N–C) groups is 1. The summed E-state index contributed by atoms with van der Waals surface area (Å²) >= 11 is 3.45. The third-order valence-electron chi connectivity index (χ3n) is 3.78. The molecule has 0 atom stereocenters. The predicted octanol–water partition coefficient (Wildman–Crippen LogP) is 7.98. The molecule has 0 unspecified atom stereocenters. The molecule has 1 rings (SSSR count). The molecule has 0 N–H and O–H groups in total. The number of hydrogen-bond acceptors (Lipinski definition) is 2. The summed E-state index contributed by atoms with van der Waals surface area (Å²) in [4.78, 5) is 14.0. The third kappa shape index (κ3) is 15.1. The van der Waals surface area contributed by atoms with E-state index in [4.69, 9.17) is 0 Å². The van der Waals surface area contributed by atoms with Crippen LogP contribution in [0.2, 0.25) is 0 Å². The molecule has 0 aliphatic heterocycles. The molecule has 150 valence electrons. The van der Waals surface area contributed by atoms with Gasteiger partial charge in [-0.1, -0.05) is 54.1 Å². The molecule has 2 nitrogen and oxygen atoms in total. The molecule has 1 aromatic rings. The van der Waals surface area contributed by atoms with Crippen molar-refractivity contribution >= 4 is 27.9 Å². The second-order valence-electron chi connectivity index (χ2n) is 6.85. The minimum atomic E-state index is 0.0185. The largest absolute Gasteiger partial charge is 0.295 e. The number of benzene rings is 1. The number of halogens is 1. The van der Waals surface area contributed by atoms with Gasteiger partial charge in [-0.25, -0.2) is 0 Å². The number of carbonyl (C=O) groups excluding carboxylic acids is 1. The maximum Gasteiger partial charge on any atom is 0.152 e. The quantitative estimate of drug-likeness (QED) is 0.349. The summed E-state index contributed by atoms with van der Waals surface area (Å²) in [6, 6.07) is 6.45. The Morgan fingerprint density at radius 3 is 2.00 bits per heavy atom. The van der Waals surface area contributed by atoms with Crippen LogP contribution >= 0.6 is 15.9 Å². The van der Waals surface area contributed by atoms with Gasteiger partial charge in [-0.05, 0) is 89.3 Å². The van der Waals surface area contributed by atoms with Crippen LogP contribution in [0.3, 0.4) is 0 Å². The zero-order valence-electron chi connectivity index (χ0n) is 18.5. The molecule has 0 spiro atoms. The predicted molar refractivity (Wildman–Crippen MR) is 126 cm³/mol. The summed E-state index contributed by atoms with van der Waals surface area (Å²) in [6.07, 6.45) is 5.21. The van der Waals surface area contributed by atoms with Crippen molar-refractivity contribution < 1.29 is 4.79 Å². The lowest BCUT2D eigenvalue weighted by Crippen LogP contribution is -1.90. The Morgan fingerprint density at radius 1 is 1.15 bits per heavy atom. The Balaban J connectivity index is 0. The van der Waals surface area contributed by atoms with Gasteiger partial charge in [0, 0.05) is 16.4 Å². The van der Waals surface area contributed by atoms with Crippen LogP contribution in [-0.4, -0.2) is 12.0 Å². The number of ketones is 1. The van der Waals surface area contributed by atoms with Crippen molar-refractivity contribution in [3.8, 4) is 0 Å². The van der Waals surface area contributed by atoms with E-state index in [1.54, 1.807) is 0 Å². The molecule has 1 aromatic carbocycles. The highest BCUT2D eigenvalue weighted by molar-refractivity contribution is 9.10. The van der Waals surface area contributed by atoms with Crippen LogP contribution in [-0.2, 0) is 4.79 Å². The first kappa shape index (κ1) is 27.5. The maximum atomic E-state index is 9.69. The fraction of sp³-hybridized carbons (Fsp3) is 0.417. The number of aryl methyl sites for hydroxylation is 1. The van der Waals surface area contributed by atoms with Crippen molar-refractivity contribution in [3.05, 3.63) is 69.4 Å². The molecule has 0 bridgehead atoms. The summed E-state index contributed by atoms with van der Waals surface area (Å²) in [5.41, 5.74) is 6.38. The standard InChI is InChI=1S/C10H13Br.C10H17N.C4H6O/c1-7(2)10-5-4-9(11)6-8(10)3;1-6-9(4)7-11-10(5)8(2)3;1-3-4(2)5/h4-7H,1-3H3;6-7H,1-5H3;3H,1H2,2H3/b;9-6-,11-7?;. The normalized spacial score (nSPS) is 10.6. The fourth-order valence-electron chi connectivity index (χ4n) is 1.69. The fourth-order valence-corrected chi connectivity index (χ4v) is 2.16. The molecule has 27 heavy (non-hydrogen) atoms. The zero-order chi connectivity index (χ0) is 21.6. The maximum absolute atomic E-state index is 9.69. The molecular weight excluding hydrogens is 398 g/mol. The molecule has 0 heterocycles. The molecule has 0 radical (unpaired) electrons. The highest BCUT2D eigenvalue weighted by Crippen LogP contribution is 2.22. The van der Waals surface area contributed by atoms with E-state index in [0.29, 0.717) is 5.92 Å². The molecule has 0 saturated heterocycles. The zero-order valence-corrected chi connectivity index (χ0v) is 20.1. The van der Waals surface area contributed by atoms with Gasteiger partial charge in [-0.2, -0.15) is 0 Å². The van der Waals surface area contributed by atoms with Crippen molar-refractivity contribution in [1.29, 1.82) is 0 Å². The average Bonchev–Trinajstić information content (AvgIpc) is 2.59. The lowest BCUT2D eigenvalue weighted by molar-refractivity contribution is -0.112. The van der Waals surface area contributed by atoms with E-state index >= 15 is 0 Å². The lowest BCUT2D eigenvalue weighted by Gasteiger charge is -2.08. The van der Waals surface area contributed by atoms with Crippen molar-refractivity contribution in [2.24, 2.45) is 4.99 Å². The number of allylic oxidation sites excluding steroid dienone is 5. The number of nitrogens with zero attached hydrogens (tertiary/aromatic N) is 1. The van der Waals surface area contributed by atoms with E-state index in [2.05, 4.69) is 80.3 Å². The van der Waals surface area contributed by atoms with Crippen LogP contribution in [0.25, 0.3) is 0 Å². The summed E-state index contributed by atoms with van der Waals surface area (Å²) in [5, 5.41) is 0. The van der Waals surface area contributed by atoms with Crippen LogP contribution in [0.15, 0.2) is 63.2 Å². The Hall–Kier alpha value is -1.74. The molecule has 0 saturated carbocycles. The average molecular weight is 434 g/mol. The van der Waals surface area contributed by atoms with Gasteiger partial charge in [-0.15, -0.1) is 0 Å². The first-order valence-electron chi connectivity index (χ1n) is 9.16. The van der Waals surface area contributed by atoms with Crippen molar-refractivity contribution in [2.45, 2.75) is 68.2 Å². The van der Waals surface area contributed by atoms with E-state index in [1.165, 1.54) is 39.7 Å². The van der Waals surface area contributed by atoms with Crippen LogP contribution < -0.4 is 0 Å². The summed E-state index contributed by atoms with van der Waals surface area (Å²) < 4.78 is 1.17. The topological polar surface area (TPSA) is 29.4 Å². The van der Waals surface area contributed by atoms with Gasteiger partial charge in [0.1, 0.15) is 0 Å². The van der Waals surface area contributed by atoms with E-state index < -0.39 is 0 Å². The van der Waals surface area contributed by atoms with Crippen molar-refractivity contribution in [3.63, 3.8) is 0 Å². The molecule has 3 heteroatoms. The number of hydrogen-bond donors (Lipinski definition) is 0. The van der Waals surface area contributed by atoms with Gasteiger partial charge in [0.2, 0.25) is 0 Å². The lowest BCUT2D eigenvalue weighted by atomic mass is 9.99. The Labute approximate surface area is 175 Å².